The lowest BCUT2D eigenvalue weighted by Gasteiger charge is -2.18. The van der Waals surface area contributed by atoms with Crippen molar-refractivity contribution in [2.24, 2.45) is 0 Å². The van der Waals surface area contributed by atoms with Gasteiger partial charge in [-0.1, -0.05) is 309 Å². The predicted octanol–water partition coefficient (Wildman–Crippen LogP) is 22.8. The molecule has 0 bridgehead atoms. The molecule has 0 aromatic heterocycles. The van der Waals surface area contributed by atoms with Gasteiger partial charge in [0.2, 0.25) is 0 Å². The van der Waals surface area contributed by atoms with E-state index in [1.54, 1.807) is 0 Å². The van der Waals surface area contributed by atoms with Crippen LogP contribution in [0.2, 0.25) is 0 Å². The predicted molar refractivity (Wildman–Crippen MR) is 343 cm³/mol. The van der Waals surface area contributed by atoms with Gasteiger partial charge in [0, 0.05) is 19.3 Å². The molecule has 0 saturated heterocycles. The molecule has 6 nitrogen and oxygen atoms in total. The van der Waals surface area contributed by atoms with E-state index in [4.69, 9.17) is 14.2 Å². The molecule has 0 amide bonds. The van der Waals surface area contributed by atoms with Gasteiger partial charge in [0.25, 0.3) is 0 Å². The zero-order valence-corrected chi connectivity index (χ0v) is 51.6. The Bertz CT molecular complexity index is 1640. The fraction of sp³-hybridized carbons (Fsp3) is 0.685. The van der Waals surface area contributed by atoms with Gasteiger partial charge in [0.15, 0.2) is 6.10 Å². The summed E-state index contributed by atoms with van der Waals surface area (Å²) >= 11 is 0. The summed E-state index contributed by atoms with van der Waals surface area (Å²) in [6.07, 6.45) is 92.4. The molecule has 0 rings (SSSR count). The van der Waals surface area contributed by atoms with Crippen LogP contribution in [0.4, 0.5) is 0 Å². The first-order valence-corrected chi connectivity index (χ1v) is 33.0. The Morgan fingerprint density at radius 2 is 0.519 bits per heavy atom. The molecule has 0 aliphatic heterocycles. The number of allylic oxidation sites excluding steroid dienone is 20. The maximum atomic E-state index is 12.9. The summed E-state index contributed by atoms with van der Waals surface area (Å²) in [5, 5.41) is 0. The van der Waals surface area contributed by atoms with Crippen LogP contribution >= 0.6 is 0 Å². The molecule has 0 heterocycles. The summed E-state index contributed by atoms with van der Waals surface area (Å²) < 4.78 is 16.8. The lowest BCUT2D eigenvalue weighted by molar-refractivity contribution is -0.166. The first kappa shape index (κ1) is 74.8. The minimum atomic E-state index is -0.807. The second-order valence-corrected chi connectivity index (χ2v) is 21.6. The van der Waals surface area contributed by atoms with Crippen molar-refractivity contribution in [1.29, 1.82) is 0 Å². The Labute approximate surface area is 488 Å². The fourth-order valence-corrected chi connectivity index (χ4v) is 9.11. The molecule has 0 N–H and O–H groups in total. The van der Waals surface area contributed by atoms with E-state index in [0.29, 0.717) is 19.3 Å². The molecule has 0 fully saturated rings. The van der Waals surface area contributed by atoms with Crippen LogP contribution in [0.5, 0.6) is 0 Å². The van der Waals surface area contributed by atoms with Gasteiger partial charge < -0.3 is 14.2 Å². The van der Waals surface area contributed by atoms with Crippen LogP contribution < -0.4 is 0 Å². The molecule has 79 heavy (non-hydrogen) atoms. The number of hydrogen-bond acceptors (Lipinski definition) is 6. The number of esters is 3. The van der Waals surface area contributed by atoms with Crippen LogP contribution in [-0.4, -0.2) is 37.2 Å². The van der Waals surface area contributed by atoms with Crippen molar-refractivity contribution in [1.82, 2.24) is 0 Å². The number of unbranched alkanes of at least 4 members (excludes halogenated alkanes) is 28. The smallest absolute Gasteiger partial charge is 0.306 e. The van der Waals surface area contributed by atoms with Gasteiger partial charge in [-0.15, -0.1) is 0 Å². The molecule has 0 aliphatic rings. The molecular weight excluding hydrogens is 973 g/mol. The molecule has 0 radical (unpaired) electrons. The van der Waals surface area contributed by atoms with E-state index in [0.717, 1.165) is 103 Å². The van der Waals surface area contributed by atoms with Crippen molar-refractivity contribution in [3.05, 3.63) is 122 Å². The van der Waals surface area contributed by atoms with Crippen molar-refractivity contribution in [3.8, 4) is 0 Å². The lowest BCUT2D eigenvalue weighted by atomic mass is 10.0. The summed E-state index contributed by atoms with van der Waals surface area (Å²) in [5.74, 6) is -0.975. The highest BCUT2D eigenvalue weighted by Gasteiger charge is 2.19. The first-order valence-electron chi connectivity index (χ1n) is 33.0. The standard InChI is InChI=1S/C73H122O6/c1-4-7-10-13-16-19-22-25-27-28-29-30-31-32-33-34-35-36-37-38-39-40-41-42-43-44-46-48-51-54-57-60-63-66-72(75)78-69-70(68-77-71(74)65-62-59-56-53-50-47-24-21-18-15-12-9-6-3)79-73(76)67-64-61-58-55-52-49-45-26-23-20-17-14-11-8-5-2/h7,9-10,12,16,18-19,21,25,27,29-30,32-33,35-36,47,50,56,59,70H,4-6,8,11,13-15,17,20,22-24,26,28,31,34,37-46,48-49,51-55,57-58,60-69H2,1-3H3/b10-7-,12-9-,19-16-,21-18-,27-25-,30-29-,33-32-,36-35-,50-47-,59-56-. The largest absolute Gasteiger partial charge is 0.462 e. The normalized spacial score (nSPS) is 12.9. The molecule has 0 saturated carbocycles. The van der Waals surface area contributed by atoms with E-state index >= 15 is 0 Å². The van der Waals surface area contributed by atoms with Crippen molar-refractivity contribution < 1.29 is 28.6 Å². The summed E-state index contributed by atoms with van der Waals surface area (Å²) in [4.78, 5) is 38.2. The molecule has 0 aliphatic carbocycles. The topological polar surface area (TPSA) is 78.9 Å². The zero-order valence-electron chi connectivity index (χ0n) is 51.6. The van der Waals surface area contributed by atoms with Crippen LogP contribution in [0.3, 0.4) is 0 Å². The summed E-state index contributed by atoms with van der Waals surface area (Å²) in [6, 6.07) is 0. The maximum Gasteiger partial charge on any atom is 0.306 e. The van der Waals surface area contributed by atoms with Crippen molar-refractivity contribution >= 4 is 17.9 Å². The third kappa shape index (κ3) is 64.5. The highest BCUT2D eigenvalue weighted by atomic mass is 16.6. The van der Waals surface area contributed by atoms with Gasteiger partial charge >= 0.3 is 17.9 Å². The van der Waals surface area contributed by atoms with E-state index in [9.17, 15) is 14.4 Å². The van der Waals surface area contributed by atoms with Gasteiger partial charge in [-0.3, -0.25) is 14.4 Å². The highest BCUT2D eigenvalue weighted by molar-refractivity contribution is 5.71. The molecule has 0 spiro atoms. The lowest BCUT2D eigenvalue weighted by Crippen LogP contribution is -2.30. The fourth-order valence-electron chi connectivity index (χ4n) is 9.11. The van der Waals surface area contributed by atoms with Crippen LogP contribution in [0.25, 0.3) is 0 Å². The van der Waals surface area contributed by atoms with E-state index in [-0.39, 0.29) is 37.5 Å². The number of hydrogen-bond donors (Lipinski definition) is 0. The average molecular weight is 1100 g/mol. The van der Waals surface area contributed by atoms with Gasteiger partial charge in [0.1, 0.15) is 13.2 Å². The number of rotatable bonds is 59. The second kappa shape index (κ2) is 66.3. The van der Waals surface area contributed by atoms with Crippen LogP contribution in [0.15, 0.2) is 122 Å². The highest BCUT2D eigenvalue weighted by Crippen LogP contribution is 2.17. The van der Waals surface area contributed by atoms with E-state index in [1.807, 2.05) is 6.08 Å². The summed E-state index contributed by atoms with van der Waals surface area (Å²) in [7, 11) is 0. The monoisotopic (exact) mass is 1090 g/mol. The zero-order chi connectivity index (χ0) is 57.1. The molecule has 0 aromatic rings. The van der Waals surface area contributed by atoms with Gasteiger partial charge in [-0.2, -0.15) is 0 Å². The Balaban J connectivity index is 4.22. The van der Waals surface area contributed by atoms with E-state index in [2.05, 4.69) is 136 Å². The van der Waals surface area contributed by atoms with Gasteiger partial charge in [0.05, 0.1) is 0 Å². The second-order valence-electron chi connectivity index (χ2n) is 21.6. The molecule has 1 atom stereocenters. The summed E-state index contributed by atoms with van der Waals surface area (Å²) in [6.45, 7) is 6.37. The number of carbonyl (C=O) groups excluding carboxylic acids is 3. The SMILES string of the molecule is CC/C=C\C/C=C\C/C=C\C/C=C\C/C=C\C/C=C\CCCCCCCCCCCCCCCCC(=O)OCC(COC(=O)CC/C=C\C/C=C\C/C=C\C/C=C\CC)OC(=O)CCCCCCCCCCCCCCCCC. The van der Waals surface area contributed by atoms with Gasteiger partial charge in [-0.25, -0.2) is 0 Å². The Hall–Kier alpha value is -4.19. The van der Waals surface area contributed by atoms with E-state index in [1.165, 1.54) is 154 Å². The van der Waals surface area contributed by atoms with Crippen molar-refractivity contribution in [3.63, 3.8) is 0 Å². The van der Waals surface area contributed by atoms with Crippen LogP contribution in [-0.2, 0) is 28.6 Å². The molecule has 0 aromatic carbocycles. The molecular formula is C73H122O6. The van der Waals surface area contributed by atoms with Gasteiger partial charge in [-0.05, 0) is 96.3 Å². The van der Waals surface area contributed by atoms with E-state index < -0.39 is 6.10 Å². The summed E-state index contributed by atoms with van der Waals surface area (Å²) in [5.41, 5.74) is 0. The minimum absolute atomic E-state index is 0.0986. The van der Waals surface area contributed by atoms with Crippen molar-refractivity contribution in [2.45, 2.75) is 309 Å². The number of ether oxygens (including phenoxy) is 3. The third-order valence-corrected chi connectivity index (χ3v) is 14.0. The number of carbonyl (C=O) groups is 3. The molecule has 1 unspecified atom stereocenters. The molecule has 6 heteroatoms. The molecule has 450 valence electrons. The van der Waals surface area contributed by atoms with Crippen LogP contribution in [0, 0.1) is 0 Å². The maximum absolute atomic E-state index is 12.9. The van der Waals surface area contributed by atoms with Crippen molar-refractivity contribution in [2.75, 3.05) is 13.2 Å². The first-order chi connectivity index (χ1) is 39.0. The average Bonchev–Trinajstić information content (AvgIpc) is 3.45. The Morgan fingerprint density at radius 1 is 0.266 bits per heavy atom. The minimum Gasteiger partial charge on any atom is -0.462 e. The Morgan fingerprint density at radius 3 is 0.848 bits per heavy atom. The quantitative estimate of drug-likeness (QED) is 0.0261. The third-order valence-electron chi connectivity index (χ3n) is 14.0. The van der Waals surface area contributed by atoms with Crippen LogP contribution in [0.1, 0.15) is 303 Å². The Kier molecular flexibility index (Phi) is 62.8.